The Morgan fingerprint density at radius 2 is 1.62 bits per heavy atom. The lowest BCUT2D eigenvalue weighted by Gasteiger charge is -2.43. The molecule has 2 aromatic carbocycles. The lowest BCUT2D eigenvalue weighted by molar-refractivity contribution is -0.148. The molecular weight excluding hydrogens is 490 g/mol. The van der Waals surface area contributed by atoms with Gasteiger partial charge in [0.05, 0.1) is 0 Å². The number of aryl methyl sites for hydroxylation is 1. The van der Waals surface area contributed by atoms with Crippen molar-refractivity contribution in [1.29, 1.82) is 0 Å². The number of hydrogen-bond donors (Lipinski definition) is 4. The zero-order valence-electron chi connectivity index (χ0n) is 22.7. The number of nitrogens with one attached hydrogen (secondary N) is 2. The molecule has 0 spiro atoms. The van der Waals surface area contributed by atoms with Gasteiger partial charge in [0, 0.05) is 23.4 Å². The Morgan fingerprint density at radius 3 is 2.16 bits per heavy atom. The van der Waals surface area contributed by atoms with Gasteiger partial charge >= 0.3 is 6.09 Å². The van der Waals surface area contributed by atoms with E-state index in [1.807, 2.05) is 30.3 Å². The molecule has 3 amide bonds. The number of amides is 3. The molecule has 0 aliphatic carbocycles. The van der Waals surface area contributed by atoms with Gasteiger partial charge in [-0.1, -0.05) is 48.5 Å². The van der Waals surface area contributed by atoms with Gasteiger partial charge in [0.2, 0.25) is 11.8 Å². The molecule has 0 aliphatic heterocycles. The van der Waals surface area contributed by atoms with Crippen LogP contribution in [-0.2, 0) is 20.9 Å². The molecule has 0 saturated carbocycles. The molecule has 202 valence electrons. The minimum Gasteiger partial charge on any atom is -0.507 e. The third-order valence-electron chi connectivity index (χ3n) is 5.51. The van der Waals surface area contributed by atoms with E-state index in [-0.39, 0.29) is 23.6 Å². The number of para-hydroxylation sites is 1. The van der Waals surface area contributed by atoms with Crippen molar-refractivity contribution in [2.45, 2.75) is 78.2 Å². The second-order valence-corrected chi connectivity index (χ2v) is 11.2. The van der Waals surface area contributed by atoms with Crippen LogP contribution in [0.25, 0.3) is 0 Å². The van der Waals surface area contributed by atoms with Crippen LogP contribution in [0.3, 0.4) is 0 Å². The highest BCUT2D eigenvalue weighted by Crippen LogP contribution is 2.36. The topological polar surface area (TPSA) is 108 Å². The fourth-order valence-corrected chi connectivity index (χ4v) is 4.08. The summed E-state index contributed by atoms with van der Waals surface area (Å²) < 4.78 is 5.33. The van der Waals surface area contributed by atoms with Crippen LogP contribution in [0.4, 0.5) is 4.79 Å². The Labute approximate surface area is 225 Å². The zero-order chi connectivity index (χ0) is 28.0. The van der Waals surface area contributed by atoms with Crippen LogP contribution < -0.4 is 10.6 Å². The molecule has 0 heterocycles. The molecule has 0 bridgehead atoms. The Balaban J connectivity index is 2.51. The maximum Gasteiger partial charge on any atom is 0.408 e. The molecule has 9 heteroatoms. The number of rotatable bonds is 8. The molecule has 0 saturated heterocycles. The summed E-state index contributed by atoms with van der Waals surface area (Å²) in [5, 5.41) is 16.4. The minimum atomic E-state index is -1.18. The largest absolute Gasteiger partial charge is 0.507 e. The van der Waals surface area contributed by atoms with Gasteiger partial charge in [0.15, 0.2) is 0 Å². The molecule has 2 rings (SSSR count). The zero-order valence-corrected chi connectivity index (χ0v) is 23.6. The van der Waals surface area contributed by atoms with E-state index >= 15 is 0 Å². The molecule has 3 N–H and O–H groups in total. The van der Waals surface area contributed by atoms with Crippen molar-refractivity contribution in [1.82, 2.24) is 15.5 Å². The second-order valence-electron chi connectivity index (χ2n) is 10.9. The predicted octanol–water partition coefficient (Wildman–Crippen LogP) is 4.51. The Kier molecular flexibility index (Phi) is 10.0. The summed E-state index contributed by atoms with van der Waals surface area (Å²) in [6.45, 7) is 12.5. The smallest absolute Gasteiger partial charge is 0.408 e. The van der Waals surface area contributed by atoms with Crippen LogP contribution in [0, 0.1) is 6.92 Å². The third-order valence-corrected chi connectivity index (χ3v) is 5.88. The average molecular weight is 530 g/mol. The van der Waals surface area contributed by atoms with Crippen molar-refractivity contribution < 1.29 is 24.2 Å². The van der Waals surface area contributed by atoms with Crippen molar-refractivity contribution in [3.8, 4) is 5.75 Å². The highest BCUT2D eigenvalue weighted by molar-refractivity contribution is 7.80. The standard InChI is InChI=1S/C28H39N3O5S/c1-18-12-11-15-20(23(18)32)22(24(33)29-16-19-13-9-8-10-14-19)31(27(2,3)4)25(34)21(17-37)30-26(35)36-28(5,6)7/h8-15,21-22,32,37H,16-17H2,1-7H3,(H,29,33)(H,30,35). The number of phenols is 1. The first-order valence-corrected chi connectivity index (χ1v) is 12.8. The van der Waals surface area contributed by atoms with E-state index in [1.54, 1.807) is 66.7 Å². The first-order chi connectivity index (χ1) is 17.2. The average Bonchev–Trinajstić information content (AvgIpc) is 2.79. The molecular formula is C28H39N3O5S. The molecule has 8 nitrogen and oxygen atoms in total. The molecule has 0 aliphatic rings. The van der Waals surface area contributed by atoms with Crippen molar-refractivity contribution in [3.05, 3.63) is 65.2 Å². The van der Waals surface area contributed by atoms with Crippen molar-refractivity contribution in [2.24, 2.45) is 0 Å². The van der Waals surface area contributed by atoms with Gasteiger partial charge in [-0.15, -0.1) is 0 Å². The summed E-state index contributed by atoms with van der Waals surface area (Å²) in [6.07, 6.45) is -0.766. The van der Waals surface area contributed by atoms with E-state index in [0.29, 0.717) is 5.56 Å². The second kappa shape index (κ2) is 12.4. The Bertz CT molecular complexity index is 1090. The number of phenolic OH excluding ortho intramolecular Hbond substituents is 1. The van der Waals surface area contributed by atoms with Crippen LogP contribution in [0.5, 0.6) is 5.75 Å². The quantitative estimate of drug-likeness (QED) is 0.377. The number of hydrogen-bond acceptors (Lipinski definition) is 6. The van der Waals surface area contributed by atoms with Crippen LogP contribution in [0.15, 0.2) is 48.5 Å². The highest BCUT2D eigenvalue weighted by atomic mass is 32.1. The third kappa shape index (κ3) is 8.42. The molecule has 0 fully saturated rings. The molecule has 2 unspecified atom stereocenters. The summed E-state index contributed by atoms with van der Waals surface area (Å²) in [6, 6.07) is 12.2. The van der Waals surface area contributed by atoms with Crippen LogP contribution in [-0.4, -0.2) is 50.8 Å². The lowest BCUT2D eigenvalue weighted by Crippen LogP contribution is -2.59. The van der Waals surface area contributed by atoms with Gasteiger partial charge < -0.3 is 25.4 Å². The summed E-state index contributed by atoms with van der Waals surface area (Å²) in [7, 11) is 0. The molecule has 2 atom stereocenters. The monoisotopic (exact) mass is 529 g/mol. The van der Waals surface area contributed by atoms with E-state index in [4.69, 9.17) is 4.74 Å². The SMILES string of the molecule is Cc1cccc(C(C(=O)NCc2ccccc2)N(C(=O)C(CS)NC(=O)OC(C)(C)C)C(C)(C)C)c1O. The molecule has 0 radical (unpaired) electrons. The van der Waals surface area contributed by atoms with E-state index < -0.39 is 41.1 Å². The number of nitrogens with zero attached hydrogens (tertiary/aromatic N) is 1. The molecule has 37 heavy (non-hydrogen) atoms. The van der Waals surface area contributed by atoms with Crippen molar-refractivity contribution in [2.75, 3.05) is 5.75 Å². The highest BCUT2D eigenvalue weighted by Gasteiger charge is 2.42. The van der Waals surface area contributed by atoms with Gasteiger partial charge in [-0.25, -0.2) is 4.79 Å². The minimum absolute atomic E-state index is 0.0250. The summed E-state index contributed by atoms with van der Waals surface area (Å²) in [4.78, 5) is 41.6. The maximum absolute atomic E-state index is 14.0. The Morgan fingerprint density at radius 1 is 1.00 bits per heavy atom. The summed E-state index contributed by atoms with van der Waals surface area (Å²) in [5.74, 6) is -1.10. The fraction of sp³-hybridized carbons (Fsp3) is 0.464. The Hall–Kier alpha value is -3.20. The van der Waals surface area contributed by atoms with Gasteiger partial charge in [-0.05, 0) is 59.6 Å². The number of carbonyl (C=O) groups excluding carboxylic acids is 3. The van der Waals surface area contributed by atoms with Crippen LogP contribution in [0.2, 0.25) is 0 Å². The van der Waals surface area contributed by atoms with Gasteiger partial charge in [-0.3, -0.25) is 9.59 Å². The van der Waals surface area contributed by atoms with Crippen LogP contribution in [0.1, 0.15) is 64.3 Å². The molecule has 2 aromatic rings. The first kappa shape index (κ1) is 30.0. The van der Waals surface area contributed by atoms with Crippen LogP contribution >= 0.6 is 12.6 Å². The molecule has 0 aromatic heterocycles. The van der Waals surface area contributed by atoms with E-state index in [9.17, 15) is 19.5 Å². The van der Waals surface area contributed by atoms with E-state index in [1.165, 1.54) is 4.90 Å². The number of carbonyl (C=O) groups is 3. The summed E-state index contributed by atoms with van der Waals surface area (Å²) >= 11 is 4.30. The van der Waals surface area contributed by atoms with Gasteiger partial charge in [0.1, 0.15) is 23.4 Å². The normalized spacial score (nSPS) is 13.3. The lowest BCUT2D eigenvalue weighted by atomic mass is 9.94. The van der Waals surface area contributed by atoms with Gasteiger partial charge in [0.25, 0.3) is 0 Å². The van der Waals surface area contributed by atoms with Crippen molar-refractivity contribution in [3.63, 3.8) is 0 Å². The number of thiol groups is 1. The van der Waals surface area contributed by atoms with Crippen molar-refractivity contribution >= 4 is 30.5 Å². The first-order valence-electron chi connectivity index (χ1n) is 12.2. The number of benzene rings is 2. The number of aromatic hydroxyl groups is 1. The van der Waals surface area contributed by atoms with Gasteiger partial charge in [-0.2, -0.15) is 12.6 Å². The fourth-order valence-electron chi connectivity index (χ4n) is 3.83. The van der Waals surface area contributed by atoms with E-state index in [2.05, 4.69) is 23.3 Å². The predicted molar refractivity (Wildman–Crippen MR) is 147 cm³/mol. The maximum atomic E-state index is 14.0. The van der Waals surface area contributed by atoms with E-state index in [0.717, 1.165) is 5.56 Å². The summed E-state index contributed by atoms with van der Waals surface area (Å²) in [5.41, 5.74) is 0.0992. The number of alkyl carbamates (subject to hydrolysis) is 1. The number of ether oxygens (including phenoxy) is 1.